The molecule has 0 amide bonds. The van der Waals surface area contributed by atoms with Crippen LogP contribution >= 0.6 is 0 Å². The molecule has 1 atom stereocenters. The second kappa shape index (κ2) is 12.6. The van der Waals surface area contributed by atoms with Crippen LogP contribution in [0, 0.1) is 5.92 Å². The molecule has 0 aromatic rings. The fraction of sp³-hybridized carbons (Fsp3) is 0.520. The van der Waals surface area contributed by atoms with Gasteiger partial charge in [-0.2, -0.15) is 0 Å². The van der Waals surface area contributed by atoms with Crippen molar-refractivity contribution in [2.24, 2.45) is 5.92 Å². The van der Waals surface area contributed by atoms with Crippen LogP contribution < -0.4 is 0 Å². The molecule has 0 rings (SSSR count). The molecule has 0 aromatic heterocycles. The van der Waals surface area contributed by atoms with Crippen LogP contribution in [0.15, 0.2) is 70.9 Å². The second-order valence-electron chi connectivity index (χ2n) is 7.56. The van der Waals surface area contributed by atoms with Crippen LogP contribution in [0.5, 0.6) is 0 Å². The number of hydrogen-bond donors (Lipinski definition) is 0. The molecular weight excluding hydrogens is 338 g/mol. The normalized spacial score (nSPS) is 15.2. The predicted molar refractivity (Wildman–Crippen MR) is 117 cm³/mol. The molecule has 0 bridgehead atoms. The minimum absolute atomic E-state index is 0.519. The summed E-state index contributed by atoms with van der Waals surface area (Å²) in [6.45, 7) is 17.1. The lowest BCUT2D eigenvalue weighted by atomic mass is 9.92. The number of rotatable bonds is 11. The van der Waals surface area contributed by atoms with Crippen LogP contribution in [-0.2, 0) is 0 Å². The van der Waals surface area contributed by atoms with E-state index >= 15 is 0 Å². The predicted octanol–water partition coefficient (Wildman–Crippen LogP) is 8.76. The van der Waals surface area contributed by atoms with Crippen molar-refractivity contribution in [2.75, 3.05) is 0 Å². The Kier molecular flexibility index (Phi) is 11.8. The molecule has 0 nitrogen and oxygen atoms in total. The van der Waals surface area contributed by atoms with E-state index < -0.39 is 11.8 Å². The third-order valence-electron chi connectivity index (χ3n) is 4.98. The smallest absolute Gasteiger partial charge is 0.207 e. The maximum absolute atomic E-state index is 13.5. The van der Waals surface area contributed by atoms with Crippen LogP contribution in [0.25, 0.3) is 0 Å². The molecule has 152 valence electrons. The third-order valence-corrected chi connectivity index (χ3v) is 4.98. The highest BCUT2D eigenvalue weighted by atomic mass is 19.3. The summed E-state index contributed by atoms with van der Waals surface area (Å²) in [6.07, 6.45) is 14.9. The van der Waals surface area contributed by atoms with Crippen molar-refractivity contribution in [2.45, 2.75) is 80.1 Å². The van der Waals surface area contributed by atoms with Gasteiger partial charge < -0.3 is 0 Å². The Morgan fingerprint density at radius 1 is 1.07 bits per heavy atom. The van der Waals surface area contributed by atoms with Crippen molar-refractivity contribution < 1.29 is 8.78 Å². The first kappa shape index (κ1) is 25.3. The van der Waals surface area contributed by atoms with E-state index in [9.17, 15) is 8.78 Å². The molecule has 0 aliphatic carbocycles. The summed E-state index contributed by atoms with van der Waals surface area (Å²) in [6, 6.07) is 0. The lowest BCUT2D eigenvalue weighted by Gasteiger charge is -2.22. The Bertz CT molecular complexity index is 615. The van der Waals surface area contributed by atoms with Gasteiger partial charge in [0, 0.05) is 5.92 Å². The van der Waals surface area contributed by atoms with E-state index in [1.165, 1.54) is 16.7 Å². The first-order chi connectivity index (χ1) is 12.6. The maximum atomic E-state index is 13.5. The van der Waals surface area contributed by atoms with E-state index in [0.29, 0.717) is 12.8 Å². The molecule has 0 aliphatic rings. The third kappa shape index (κ3) is 10.3. The van der Waals surface area contributed by atoms with Gasteiger partial charge >= 0.3 is 0 Å². The number of alkyl halides is 2. The van der Waals surface area contributed by atoms with Gasteiger partial charge in [-0.1, -0.05) is 66.7 Å². The molecule has 0 saturated carbocycles. The molecule has 0 saturated heterocycles. The molecule has 0 spiro atoms. The van der Waals surface area contributed by atoms with Crippen LogP contribution in [0.3, 0.4) is 0 Å². The lowest BCUT2D eigenvalue weighted by Crippen LogP contribution is -2.23. The van der Waals surface area contributed by atoms with Crippen molar-refractivity contribution in [3.8, 4) is 0 Å². The molecule has 27 heavy (non-hydrogen) atoms. The highest BCUT2D eigenvalue weighted by Gasteiger charge is 2.31. The van der Waals surface area contributed by atoms with Gasteiger partial charge in [-0.15, -0.1) is 0 Å². The van der Waals surface area contributed by atoms with Crippen LogP contribution in [0.1, 0.15) is 74.1 Å². The fourth-order valence-corrected chi connectivity index (χ4v) is 2.88. The van der Waals surface area contributed by atoms with Crippen LogP contribution in [-0.4, -0.2) is 5.92 Å². The van der Waals surface area contributed by atoms with E-state index in [1.807, 2.05) is 19.9 Å². The fourth-order valence-electron chi connectivity index (χ4n) is 2.88. The first-order valence-electron chi connectivity index (χ1n) is 9.93. The topological polar surface area (TPSA) is 0 Å². The number of hydrogen-bond acceptors (Lipinski definition) is 0. The van der Waals surface area contributed by atoms with Gasteiger partial charge in [-0.05, 0) is 78.4 Å². The maximum Gasteiger partial charge on any atom is 0.248 e. The molecule has 0 aromatic carbocycles. The first-order valence-corrected chi connectivity index (χ1v) is 9.93. The van der Waals surface area contributed by atoms with Gasteiger partial charge in [0.25, 0.3) is 0 Å². The highest BCUT2D eigenvalue weighted by molar-refractivity contribution is 5.49. The van der Waals surface area contributed by atoms with Gasteiger partial charge in [-0.3, -0.25) is 0 Å². The highest BCUT2D eigenvalue weighted by Crippen LogP contribution is 2.31. The quantitative estimate of drug-likeness (QED) is 0.316. The van der Waals surface area contributed by atoms with Crippen molar-refractivity contribution in [3.05, 3.63) is 70.9 Å². The Morgan fingerprint density at radius 3 is 2.15 bits per heavy atom. The largest absolute Gasteiger partial charge is 0.248 e. The van der Waals surface area contributed by atoms with E-state index in [-0.39, 0.29) is 0 Å². The monoisotopic (exact) mass is 376 g/mol. The van der Waals surface area contributed by atoms with Crippen molar-refractivity contribution in [1.82, 2.24) is 0 Å². The molecule has 0 fully saturated rings. The molecule has 0 aliphatic heterocycles. The zero-order chi connectivity index (χ0) is 21.0. The van der Waals surface area contributed by atoms with Gasteiger partial charge in [0.05, 0.1) is 0 Å². The van der Waals surface area contributed by atoms with E-state index in [4.69, 9.17) is 0 Å². The summed E-state index contributed by atoms with van der Waals surface area (Å²) in [5, 5.41) is 0. The summed E-state index contributed by atoms with van der Waals surface area (Å²) in [4.78, 5) is 0. The average molecular weight is 377 g/mol. The van der Waals surface area contributed by atoms with Crippen LogP contribution in [0.2, 0.25) is 0 Å². The second-order valence-corrected chi connectivity index (χ2v) is 7.56. The standard InChI is InChI=1S/C25H38F2/c1-9-13-23(22(10-2)17-16-21(7)19(4)5)18-20(6)14-12-15-24(11-3)25(8,26)27/h9-10,13,16-18,24H,1,11-12,14-15H2,2-8H3/b17-16-,20-18+,22-10-,23-13+. The van der Waals surface area contributed by atoms with Crippen LogP contribution in [0.4, 0.5) is 8.78 Å². The number of halogens is 2. The zero-order valence-electron chi connectivity index (χ0n) is 18.3. The zero-order valence-corrected chi connectivity index (χ0v) is 18.3. The van der Waals surface area contributed by atoms with Gasteiger partial charge in [0.1, 0.15) is 0 Å². The molecular formula is C25H38F2. The summed E-state index contributed by atoms with van der Waals surface area (Å²) >= 11 is 0. The Morgan fingerprint density at radius 2 is 1.70 bits per heavy atom. The van der Waals surface area contributed by atoms with E-state index in [0.717, 1.165) is 30.9 Å². The lowest BCUT2D eigenvalue weighted by molar-refractivity contribution is -0.0447. The van der Waals surface area contributed by atoms with Crippen molar-refractivity contribution in [3.63, 3.8) is 0 Å². The summed E-state index contributed by atoms with van der Waals surface area (Å²) in [5.41, 5.74) is 5.96. The molecule has 0 N–H and O–H groups in total. The Hall–Kier alpha value is -1.70. The summed E-state index contributed by atoms with van der Waals surface area (Å²) in [5.74, 6) is -3.12. The average Bonchev–Trinajstić information content (AvgIpc) is 2.57. The van der Waals surface area contributed by atoms with Crippen molar-refractivity contribution in [1.29, 1.82) is 0 Å². The molecule has 0 radical (unpaired) electrons. The minimum atomic E-state index is -2.59. The van der Waals surface area contributed by atoms with Gasteiger partial charge in [-0.25, -0.2) is 8.78 Å². The molecule has 0 heterocycles. The summed E-state index contributed by atoms with van der Waals surface area (Å²) < 4.78 is 27.1. The molecule has 2 heteroatoms. The van der Waals surface area contributed by atoms with E-state index in [1.54, 1.807) is 6.08 Å². The summed E-state index contributed by atoms with van der Waals surface area (Å²) in [7, 11) is 0. The number of allylic oxidation sites excluding steroid dienone is 11. The van der Waals surface area contributed by atoms with Crippen molar-refractivity contribution >= 4 is 0 Å². The van der Waals surface area contributed by atoms with Gasteiger partial charge in [0.15, 0.2) is 0 Å². The Balaban J connectivity index is 5.19. The minimum Gasteiger partial charge on any atom is -0.207 e. The van der Waals surface area contributed by atoms with Gasteiger partial charge in [0.2, 0.25) is 5.92 Å². The van der Waals surface area contributed by atoms with E-state index in [2.05, 4.69) is 58.6 Å². The molecule has 1 unspecified atom stereocenters. The SMILES string of the molecule is C=C/C=C(\C=C(/C)CCCC(CC)C(C)(F)F)C(/C=C\C(C)=C(C)C)=C\C. The Labute approximate surface area is 166 Å².